The summed E-state index contributed by atoms with van der Waals surface area (Å²) in [6.45, 7) is -0.299. The van der Waals surface area contributed by atoms with Crippen molar-refractivity contribution in [3.05, 3.63) is 42.5 Å². The molecule has 0 spiro atoms. The van der Waals surface area contributed by atoms with Gasteiger partial charge in [0.25, 0.3) is 0 Å². The van der Waals surface area contributed by atoms with Gasteiger partial charge in [0.2, 0.25) is 0 Å². The molecule has 5 N–H and O–H groups in total. The summed E-state index contributed by atoms with van der Waals surface area (Å²) < 4.78 is 45.1. The zero-order valence-corrected chi connectivity index (χ0v) is 23.0. The maximum Gasteiger partial charge on any atom is 0.472 e. The standard InChI is InChI=1S/C24H27N6O11P/c1-36-24(33)14(25)8-12-2-4-13(5-3-12)38-16(31)6-7-17(32)40-20-19-15(9-37-42(34,35)41-19)39-23(20)30-11-29-18-21(26)27-10-28-22(18)30/h2-5,10-11,14-15,19-20,23H,6-9,25H2,1H3,(H,34,35)(H2,26,27,28)/t14-,15-,19-,20-,23+/m1/s1. The number of hydrogen-bond donors (Lipinski definition) is 3. The molecule has 0 radical (unpaired) electrons. The summed E-state index contributed by atoms with van der Waals surface area (Å²) in [6, 6.07) is 5.50. The molecule has 17 nitrogen and oxygen atoms in total. The van der Waals surface area contributed by atoms with Gasteiger partial charge in [0.1, 0.15) is 35.8 Å². The number of ether oxygens (including phenoxy) is 4. The van der Waals surface area contributed by atoms with Crippen LogP contribution in [-0.2, 0) is 48.6 Å². The molecular formula is C24H27N6O11P. The Morgan fingerprint density at radius 3 is 2.64 bits per heavy atom. The number of phosphoric ester groups is 1. The smallest absolute Gasteiger partial charge is 0.468 e. The fourth-order valence-corrected chi connectivity index (χ4v) is 5.47. The van der Waals surface area contributed by atoms with Crippen LogP contribution in [0.4, 0.5) is 5.82 Å². The second-order valence-corrected chi connectivity index (χ2v) is 10.8. The number of fused-ring (bicyclic) bond motifs is 2. The van der Waals surface area contributed by atoms with Crippen molar-refractivity contribution in [3.63, 3.8) is 0 Å². The van der Waals surface area contributed by atoms with Crippen molar-refractivity contribution in [1.29, 1.82) is 0 Å². The van der Waals surface area contributed by atoms with Crippen molar-refractivity contribution < 1.29 is 51.8 Å². The molecule has 1 unspecified atom stereocenters. The molecule has 5 rings (SSSR count). The Labute approximate surface area is 237 Å². The highest BCUT2D eigenvalue weighted by atomic mass is 31.2. The van der Waals surface area contributed by atoms with E-state index in [1.165, 1.54) is 36.5 Å². The average molecular weight is 606 g/mol. The fraction of sp³-hybridized carbons (Fsp3) is 0.417. The number of imidazole rings is 1. The molecule has 2 aromatic heterocycles. The molecule has 0 saturated carbocycles. The Kier molecular flexibility index (Phi) is 8.49. The van der Waals surface area contributed by atoms with Crippen LogP contribution in [-0.4, -0.2) is 80.4 Å². The maximum absolute atomic E-state index is 12.8. The van der Waals surface area contributed by atoms with Gasteiger partial charge in [-0.3, -0.25) is 28.0 Å². The molecule has 0 bridgehead atoms. The van der Waals surface area contributed by atoms with Crippen molar-refractivity contribution in [2.24, 2.45) is 5.73 Å². The lowest BCUT2D eigenvalue weighted by Crippen LogP contribution is -2.41. The largest absolute Gasteiger partial charge is 0.472 e. The summed E-state index contributed by atoms with van der Waals surface area (Å²) in [7, 11) is -3.18. The Morgan fingerprint density at radius 2 is 1.90 bits per heavy atom. The van der Waals surface area contributed by atoms with E-state index in [1.807, 2.05) is 0 Å². The summed E-state index contributed by atoms with van der Waals surface area (Å²) in [5.74, 6) is -1.74. The number of phosphoric acid groups is 1. The molecule has 6 atom stereocenters. The molecule has 18 heteroatoms. The predicted molar refractivity (Wildman–Crippen MR) is 139 cm³/mol. The third-order valence-corrected chi connectivity index (χ3v) is 7.50. The minimum atomic E-state index is -4.43. The molecule has 0 amide bonds. The van der Waals surface area contributed by atoms with Crippen LogP contribution in [0.1, 0.15) is 24.6 Å². The van der Waals surface area contributed by atoms with Crippen LogP contribution in [0.25, 0.3) is 11.2 Å². The molecular weight excluding hydrogens is 579 g/mol. The zero-order chi connectivity index (χ0) is 30.0. The second-order valence-electron chi connectivity index (χ2n) is 9.39. The molecule has 0 aliphatic carbocycles. The van der Waals surface area contributed by atoms with Gasteiger partial charge in [-0.15, -0.1) is 0 Å². The highest BCUT2D eigenvalue weighted by molar-refractivity contribution is 7.47. The Hall–Kier alpha value is -3.99. The lowest BCUT2D eigenvalue weighted by molar-refractivity contribution is -0.159. The molecule has 2 saturated heterocycles. The van der Waals surface area contributed by atoms with E-state index in [9.17, 15) is 23.8 Å². The highest BCUT2D eigenvalue weighted by Crippen LogP contribution is 2.53. The first kappa shape index (κ1) is 29.5. The number of esters is 3. The van der Waals surface area contributed by atoms with Crippen LogP contribution >= 0.6 is 7.82 Å². The average Bonchev–Trinajstić information content (AvgIpc) is 3.54. The van der Waals surface area contributed by atoms with E-state index in [0.717, 1.165) is 5.56 Å². The van der Waals surface area contributed by atoms with Gasteiger partial charge in [-0.25, -0.2) is 19.5 Å². The minimum absolute atomic E-state index is 0.111. The number of nitrogen functional groups attached to an aromatic ring is 1. The fourth-order valence-electron chi connectivity index (χ4n) is 4.51. The van der Waals surface area contributed by atoms with Gasteiger partial charge in [0.15, 0.2) is 23.8 Å². The third kappa shape index (κ3) is 6.41. The lowest BCUT2D eigenvalue weighted by Gasteiger charge is -2.29. The third-order valence-electron chi connectivity index (χ3n) is 6.52. The van der Waals surface area contributed by atoms with Gasteiger partial charge in [-0.1, -0.05) is 12.1 Å². The van der Waals surface area contributed by atoms with Crippen LogP contribution in [0.5, 0.6) is 5.75 Å². The molecule has 2 fully saturated rings. The molecule has 2 aliphatic rings. The SMILES string of the molecule is COC(=O)[C@H](N)Cc1ccc(OC(=O)CCC(=O)O[C@@H]2[C@@H]3OP(=O)(O)OC[C@H]3O[C@@H]2n2cnc3c(N)ncnc32)cc1. The number of hydrogen-bond acceptors (Lipinski definition) is 15. The van der Waals surface area contributed by atoms with Gasteiger partial charge in [-0.05, 0) is 24.1 Å². The topological polar surface area (TPSA) is 240 Å². The van der Waals surface area contributed by atoms with Crippen LogP contribution in [0.3, 0.4) is 0 Å². The van der Waals surface area contributed by atoms with E-state index in [4.69, 9.17) is 34.7 Å². The number of rotatable bonds is 9. The van der Waals surface area contributed by atoms with Gasteiger partial charge >= 0.3 is 25.7 Å². The van der Waals surface area contributed by atoms with Crippen LogP contribution < -0.4 is 16.2 Å². The van der Waals surface area contributed by atoms with Gasteiger partial charge in [0.05, 0.1) is 32.9 Å². The van der Waals surface area contributed by atoms with E-state index in [-0.39, 0.29) is 48.6 Å². The van der Waals surface area contributed by atoms with Gasteiger partial charge < -0.3 is 35.3 Å². The highest BCUT2D eigenvalue weighted by Gasteiger charge is 2.55. The first-order valence-corrected chi connectivity index (χ1v) is 14.1. The Morgan fingerprint density at radius 1 is 1.17 bits per heavy atom. The van der Waals surface area contributed by atoms with Crippen molar-refractivity contribution in [2.75, 3.05) is 19.5 Å². The number of anilines is 1. The molecule has 1 aromatic carbocycles. The number of aromatic nitrogens is 4. The minimum Gasteiger partial charge on any atom is -0.468 e. The quantitative estimate of drug-likeness (QED) is 0.167. The summed E-state index contributed by atoms with van der Waals surface area (Å²) in [4.78, 5) is 58.8. The second kappa shape index (κ2) is 12.1. The van der Waals surface area contributed by atoms with Crippen molar-refractivity contribution in [1.82, 2.24) is 19.5 Å². The maximum atomic E-state index is 12.8. The molecule has 224 valence electrons. The van der Waals surface area contributed by atoms with Crippen LogP contribution in [0.15, 0.2) is 36.9 Å². The Bertz CT molecular complexity index is 1530. The van der Waals surface area contributed by atoms with Crippen LogP contribution in [0, 0.1) is 0 Å². The van der Waals surface area contributed by atoms with E-state index < -0.39 is 56.3 Å². The summed E-state index contributed by atoms with van der Waals surface area (Å²) >= 11 is 0. The number of benzene rings is 1. The first-order chi connectivity index (χ1) is 20.0. The van der Waals surface area contributed by atoms with Crippen molar-refractivity contribution >= 4 is 42.7 Å². The molecule has 4 heterocycles. The summed E-state index contributed by atoms with van der Waals surface area (Å²) in [5.41, 5.74) is 12.9. The number of nitrogens with zero attached hydrogens (tertiary/aromatic N) is 4. The first-order valence-electron chi connectivity index (χ1n) is 12.6. The van der Waals surface area contributed by atoms with Gasteiger partial charge in [-0.2, -0.15) is 0 Å². The van der Waals surface area contributed by atoms with E-state index >= 15 is 0 Å². The van der Waals surface area contributed by atoms with E-state index in [0.29, 0.717) is 0 Å². The van der Waals surface area contributed by atoms with Crippen molar-refractivity contribution in [3.8, 4) is 5.75 Å². The number of nitrogens with two attached hydrogens (primary N) is 2. The molecule has 3 aromatic rings. The predicted octanol–water partition coefficient (Wildman–Crippen LogP) is 0.162. The number of methoxy groups -OCH3 is 1. The Balaban J connectivity index is 1.22. The lowest BCUT2D eigenvalue weighted by atomic mass is 10.1. The van der Waals surface area contributed by atoms with Crippen LogP contribution in [0.2, 0.25) is 0 Å². The molecule has 2 aliphatic heterocycles. The van der Waals surface area contributed by atoms with Crippen molar-refractivity contribution in [2.45, 2.75) is 49.8 Å². The number of carbonyl (C=O) groups excluding carboxylic acids is 3. The number of carbonyl (C=O) groups is 3. The molecule has 42 heavy (non-hydrogen) atoms. The monoisotopic (exact) mass is 606 g/mol. The normalized spacial score (nSPS) is 25.9. The van der Waals surface area contributed by atoms with E-state index in [1.54, 1.807) is 12.1 Å². The van der Waals surface area contributed by atoms with Gasteiger partial charge in [0, 0.05) is 0 Å². The zero-order valence-electron chi connectivity index (χ0n) is 22.1. The summed E-state index contributed by atoms with van der Waals surface area (Å²) in [5, 5.41) is 0. The van der Waals surface area contributed by atoms with E-state index in [2.05, 4.69) is 19.7 Å². The summed E-state index contributed by atoms with van der Waals surface area (Å²) in [6.07, 6.45) is -2.26.